The molecule has 0 amide bonds. The SMILES string of the molecule is C=C(NCc1ccc(OC(C)C)cc1)N(Cc1ccc(F)cc1C)C1CCNCC1. The number of hydrogen-bond acceptors (Lipinski definition) is 4. The van der Waals surface area contributed by atoms with Gasteiger partial charge in [0, 0.05) is 19.1 Å². The lowest BCUT2D eigenvalue weighted by molar-refractivity contribution is 0.187. The zero-order valence-electron chi connectivity index (χ0n) is 18.4. The van der Waals surface area contributed by atoms with Gasteiger partial charge in [-0.05, 0) is 87.7 Å². The zero-order valence-corrected chi connectivity index (χ0v) is 18.4. The Balaban J connectivity index is 1.67. The summed E-state index contributed by atoms with van der Waals surface area (Å²) in [5.41, 5.74) is 3.28. The molecule has 2 aromatic carbocycles. The van der Waals surface area contributed by atoms with Crippen molar-refractivity contribution in [1.82, 2.24) is 15.5 Å². The van der Waals surface area contributed by atoms with Crippen LogP contribution in [-0.4, -0.2) is 30.1 Å². The van der Waals surface area contributed by atoms with Crippen LogP contribution in [0.1, 0.15) is 43.4 Å². The molecule has 0 unspecified atom stereocenters. The highest BCUT2D eigenvalue weighted by Gasteiger charge is 2.23. The van der Waals surface area contributed by atoms with Crippen LogP contribution >= 0.6 is 0 Å². The van der Waals surface area contributed by atoms with E-state index >= 15 is 0 Å². The van der Waals surface area contributed by atoms with E-state index in [4.69, 9.17) is 4.74 Å². The molecular weight excluding hydrogens is 377 g/mol. The summed E-state index contributed by atoms with van der Waals surface area (Å²) in [6, 6.07) is 13.6. The van der Waals surface area contributed by atoms with Gasteiger partial charge < -0.3 is 20.3 Å². The summed E-state index contributed by atoms with van der Waals surface area (Å²) in [7, 11) is 0. The van der Waals surface area contributed by atoms with Gasteiger partial charge in [-0.25, -0.2) is 4.39 Å². The van der Waals surface area contributed by atoms with Crippen LogP contribution < -0.4 is 15.4 Å². The van der Waals surface area contributed by atoms with Crippen LogP contribution in [0.15, 0.2) is 54.9 Å². The Morgan fingerprint density at radius 3 is 2.53 bits per heavy atom. The van der Waals surface area contributed by atoms with Crippen LogP contribution in [0.25, 0.3) is 0 Å². The Bertz CT molecular complexity index is 829. The molecule has 2 aromatic rings. The van der Waals surface area contributed by atoms with Gasteiger partial charge in [-0.15, -0.1) is 0 Å². The summed E-state index contributed by atoms with van der Waals surface area (Å²) in [4.78, 5) is 2.34. The standard InChI is InChI=1S/C25H34FN3O/c1-18(2)30-25-9-5-21(6-10-25)16-28-20(4)29(24-11-13-27-14-12-24)17-22-7-8-23(26)15-19(22)3/h5-10,15,18,24,27-28H,4,11-14,16-17H2,1-3H3. The van der Waals surface area contributed by atoms with Gasteiger partial charge in [0.1, 0.15) is 11.6 Å². The van der Waals surface area contributed by atoms with E-state index in [1.807, 2.05) is 39.0 Å². The molecule has 0 saturated carbocycles. The number of hydrogen-bond donors (Lipinski definition) is 2. The molecule has 0 bridgehead atoms. The molecule has 2 N–H and O–H groups in total. The third-order valence-corrected chi connectivity index (χ3v) is 5.53. The molecule has 4 nitrogen and oxygen atoms in total. The molecule has 1 saturated heterocycles. The minimum Gasteiger partial charge on any atom is -0.491 e. The van der Waals surface area contributed by atoms with Crippen molar-refractivity contribution in [3.05, 3.63) is 77.4 Å². The second kappa shape index (κ2) is 10.5. The molecule has 0 atom stereocenters. The van der Waals surface area contributed by atoms with Gasteiger partial charge in [-0.1, -0.05) is 24.8 Å². The zero-order chi connectivity index (χ0) is 21.5. The van der Waals surface area contributed by atoms with E-state index in [1.165, 1.54) is 5.56 Å². The number of nitrogens with one attached hydrogen (secondary N) is 2. The van der Waals surface area contributed by atoms with Crippen molar-refractivity contribution in [2.45, 2.75) is 58.8 Å². The molecule has 0 radical (unpaired) electrons. The first-order valence-electron chi connectivity index (χ1n) is 10.8. The lowest BCUT2D eigenvalue weighted by Gasteiger charge is -2.38. The third-order valence-electron chi connectivity index (χ3n) is 5.53. The van der Waals surface area contributed by atoms with E-state index in [9.17, 15) is 4.39 Å². The van der Waals surface area contributed by atoms with Gasteiger partial charge in [0.2, 0.25) is 0 Å². The maximum absolute atomic E-state index is 13.5. The highest BCUT2D eigenvalue weighted by molar-refractivity contribution is 5.28. The number of halogens is 1. The summed E-state index contributed by atoms with van der Waals surface area (Å²) in [5.74, 6) is 1.61. The van der Waals surface area contributed by atoms with Gasteiger partial charge >= 0.3 is 0 Å². The van der Waals surface area contributed by atoms with Crippen molar-refractivity contribution in [3.63, 3.8) is 0 Å². The van der Waals surface area contributed by atoms with Crippen molar-refractivity contribution in [2.24, 2.45) is 0 Å². The average molecular weight is 412 g/mol. The molecule has 1 aliphatic rings. The first kappa shape index (κ1) is 22.2. The minimum atomic E-state index is -0.188. The molecule has 0 spiro atoms. The molecule has 1 aliphatic heterocycles. The Morgan fingerprint density at radius 1 is 1.20 bits per heavy atom. The van der Waals surface area contributed by atoms with Gasteiger partial charge in [0.15, 0.2) is 0 Å². The largest absolute Gasteiger partial charge is 0.491 e. The van der Waals surface area contributed by atoms with Crippen LogP contribution in [0.2, 0.25) is 0 Å². The summed E-state index contributed by atoms with van der Waals surface area (Å²) >= 11 is 0. The van der Waals surface area contributed by atoms with Crippen molar-refractivity contribution < 1.29 is 9.13 Å². The molecule has 0 aromatic heterocycles. The molecule has 0 aliphatic carbocycles. The predicted molar refractivity (Wildman–Crippen MR) is 121 cm³/mol. The fourth-order valence-electron chi connectivity index (χ4n) is 3.85. The highest BCUT2D eigenvalue weighted by atomic mass is 19.1. The van der Waals surface area contributed by atoms with Gasteiger partial charge in [0.25, 0.3) is 0 Å². The van der Waals surface area contributed by atoms with Crippen molar-refractivity contribution >= 4 is 0 Å². The Labute approximate surface area is 180 Å². The normalized spacial score (nSPS) is 14.6. The van der Waals surface area contributed by atoms with Crippen molar-refractivity contribution in [3.8, 4) is 5.75 Å². The van der Waals surface area contributed by atoms with Crippen molar-refractivity contribution in [1.29, 1.82) is 0 Å². The summed E-state index contributed by atoms with van der Waals surface area (Å²) < 4.78 is 19.3. The number of aryl methyl sites for hydroxylation is 1. The van der Waals surface area contributed by atoms with E-state index < -0.39 is 0 Å². The van der Waals surface area contributed by atoms with E-state index in [0.29, 0.717) is 12.6 Å². The smallest absolute Gasteiger partial charge is 0.123 e. The molecular formula is C25H34FN3O. The van der Waals surface area contributed by atoms with E-state index in [1.54, 1.807) is 12.1 Å². The molecule has 1 heterocycles. The lowest BCUT2D eigenvalue weighted by Crippen LogP contribution is -2.44. The average Bonchev–Trinajstić information content (AvgIpc) is 2.73. The second-order valence-corrected chi connectivity index (χ2v) is 8.29. The molecule has 1 fully saturated rings. The van der Waals surface area contributed by atoms with Crippen LogP contribution in [0.4, 0.5) is 4.39 Å². The van der Waals surface area contributed by atoms with E-state index in [0.717, 1.165) is 55.2 Å². The van der Waals surface area contributed by atoms with Crippen LogP contribution in [0, 0.1) is 12.7 Å². The Hall–Kier alpha value is -2.53. The highest BCUT2D eigenvalue weighted by Crippen LogP contribution is 2.22. The monoisotopic (exact) mass is 411 g/mol. The first-order chi connectivity index (χ1) is 14.4. The summed E-state index contributed by atoms with van der Waals surface area (Å²) in [6.45, 7) is 13.8. The molecule has 3 rings (SSSR count). The Kier molecular flexibility index (Phi) is 7.75. The predicted octanol–water partition coefficient (Wildman–Crippen LogP) is 4.74. The number of benzene rings is 2. The summed E-state index contributed by atoms with van der Waals surface area (Å²) in [5, 5.41) is 6.93. The van der Waals surface area contributed by atoms with E-state index in [-0.39, 0.29) is 11.9 Å². The molecule has 30 heavy (non-hydrogen) atoms. The van der Waals surface area contributed by atoms with Gasteiger partial charge in [0.05, 0.1) is 11.9 Å². The van der Waals surface area contributed by atoms with Gasteiger partial charge in [-0.3, -0.25) is 0 Å². The number of nitrogens with zero attached hydrogens (tertiary/aromatic N) is 1. The van der Waals surface area contributed by atoms with Crippen LogP contribution in [0.3, 0.4) is 0 Å². The number of ether oxygens (including phenoxy) is 1. The maximum atomic E-state index is 13.5. The van der Waals surface area contributed by atoms with Crippen LogP contribution in [-0.2, 0) is 13.1 Å². The number of rotatable bonds is 9. The lowest BCUT2D eigenvalue weighted by atomic mass is 10.0. The first-order valence-corrected chi connectivity index (χ1v) is 10.8. The van der Waals surface area contributed by atoms with E-state index in [2.05, 4.69) is 34.2 Å². The maximum Gasteiger partial charge on any atom is 0.123 e. The topological polar surface area (TPSA) is 36.5 Å². The quantitative estimate of drug-likeness (QED) is 0.625. The second-order valence-electron chi connectivity index (χ2n) is 8.29. The fourth-order valence-corrected chi connectivity index (χ4v) is 3.85. The summed E-state index contributed by atoms with van der Waals surface area (Å²) in [6.07, 6.45) is 2.31. The minimum absolute atomic E-state index is 0.169. The Morgan fingerprint density at radius 2 is 1.90 bits per heavy atom. The number of piperidine rings is 1. The van der Waals surface area contributed by atoms with Gasteiger partial charge in [-0.2, -0.15) is 0 Å². The third kappa shape index (κ3) is 6.23. The molecule has 162 valence electrons. The molecule has 5 heteroatoms. The van der Waals surface area contributed by atoms with Crippen molar-refractivity contribution in [2.75, 3.05) is 13.1 Å². The van der Waals surface area contributed by atoms with Crippen LogP contribution in [0.5, 0.6) is 5.75 Å². The fraction of sp³-hybridized carbons (Fsp3) is 0.440.